The minimum atomic E-state index is -3.86. The Hall–Kier alpha value is -2.13. The van der Waals surface area contributed by atoms with Crippen molar-refractivity contribution in [2.24, 2.45) is 0 Å². The van der Waals surface area contributed by atoms with Gasteiger partial charge in [0.25, 0.3) is 5.91 Å². The van der Waals surface area contributed by atoms with Crippen LogP contribution in [0.4, 0.5) is 5.69 Å². The lowest BCUT2D eigenvalue weighted by atomic mass is 10.1. The van der Waals surface area contributed by atoms with Gasteiger partial charge in [0.05, 0.1) is 17.1 Å². The third kappa shape index (κ3) is 3.62. The number of nitrogens with one attached hydrogen (secondary N) is 2. The quantitative estimate of drug-likeness (QED) is 0.794. The van der Waals surface area contributed by atoms with Gasteiger partial charge in [-0.15, -0.1) is 0 Å². The van der Waals surface area contributed by atoms with Gasteiger partial charge < -0.3 is 15.4 Å². The molecule has 1 saturated carbocycles. The van der Waals surface area contributed by atoms with Gasteiger partial charge in [0, 0.05) is 19.2 Å². The van der Waals surface area contributed by atoms with E-state index in [4.69, 9.17) is 4.74 Å². The third-order valence-corrected chi connectivity index (χ3v) is 6.15. The fraction of sp³-hybridized carbons (Fsp3) is 0.500. The Morgan fingerprint density at radius 2 is 2.08 bits per heavy atom. The van der Waals surface area contributed by atoms with Crippen LogP contribution in [-0.2, 0) is 19.6 Å². The number of hydrogen-bond acceptors (Lipinski definition) is 5. The normalized spacial score (nSPS) is 19.8. The predicted octanol–water partition coefficient (Wildman–Crippen LogP) is 0.614. The first-order chi connectivity index (χ1) is 11.7. The molecule has 0 bridgehead atoms. The second-order valence-electron chi connectivity index (χ2n) is 6.47. The zero-order valence-electron chi connectivity index (χ0n) is 14.3. The van der Waals surface area contributed by atoms with Gasteiger partial charge in [-0.2, -0.15) is 4.31 Å². The molecular formula is C16H21N3O5S. The molecule has 25 heavy (non-hydrogen) atoms. The highest BCUT2D eigenvalue weighted by molar-refractivity contribution is 7.89. The van der Waals surface area contributed by atoms with Crippen LogP contribution in [0.1, 0.15) is 25.3 Å². The van der Waals surface area contributed by atoms with Crippen molar-refractivity contribution < 1.29 is 22.7 Å². The van der Waals surface area contributed by atoms with E-state index >= 15 is 0 Å². The summed E-state index contributed by atoms with van der Waals surface area (Å²) >= 11 is 0. The van der Waals surface area contributed by atoms with Crippen molar-refractivity contribution in [1.82, 2.24) is 9.62 Å². The van der Waals surface area contributed by atoms with Crippen LogP contribution in [0, 0.1) is 6.92 Å². The van der Waals surface area contributed by atoms with Crippen molar-refractivity contribution in [1.29, 1.82) is 0 Å². The van der Waals surface area contributed by atoms with Crippen molar-refractivity contribution in [2.75, 3.05) is 18.9 Å². The summed E-state index contributed by atoms with van der Waals surface area (Å²) in [5.74, 6) is -0.301. The molecule has 1 aliphatic heterocycles. The number of hydrogen-bond donors (Lipinski definition) is 2. The average Bonchev–Trinajstić information content (AvgIpc) is 3.32. The molecule has 0 unspecified atom stereocenters. The van der Waals surface area contributed by atoms with Crippen LogP contribution in [0.3, 0.4) is 0 Å². The van der Waals surface area contributed by atoms with E-state index in [1.165, 1.54) is 13.1 Å². The van der Waals surface area contributed by atoms with Crippen molar-refractivity contribution >= 4 is 27.5 Å². The molecule has 2 N–H and O–H groups in total. The molecule has 0 radical (unpaired) electrons. The zero-order chi connectivity index (χ0) is 18.4. The standard InChI is InChI=1S/C16H21N3O5S/c1-9-6-12-13(24-10(2)16(21)18-12)7-14(9)25(22,23)19(3)8-15(20)17-11-4-5-11/h6-7,10-11H,4-5,8H2,1-3H3,(H,17,20)(H,18,21)/t10-/m0/s1. The van der Waals surface area contributed by atoms with E-state index in [-0.39, 0.29) is 29.3 Å². The van der Waals surface area contributed by atoms with Crippen LogP contribution >= 0.6 is 0 Å². The van der Waals surface area contributed by atoms with Crippen molar-refractivity contribution in [3.63, 3.8) is 0 Å². The molecule has 0 spiro atoms. The summed E-state index contributed by atoms with van der Waals surface area (Å²) in [6.45, 7) is 2.97. The van der Waals surface area contributed by atoms with Crippen LogP contribution in [0.25, 0.3) is 0 Å². The molecule has 9 heteroatoms. The van der Waals surface area contributed by atoms with Crippen molar-refractivity contribution in [2.45, 2.75) is 43.7 Å². The monoisotopic (exact) mass is 367 g/mol. The molecule has 1 aromatic rings. The Balaban J connectivity index is 1.85. The maximum atomic E-state index is 12.8. The lowest BCUT2D eigenvalue weighted by molar-refractivity contribution is -0.123. The number of aryl methyl sites for hydroxylation is 1. The smallest absolute Gasteiger partial charge is 0.265 e. The number of anilines is 1. The van der Waals surface area contributed by atoms with E-state index in [1.54, 1.807) is 19.9 Å². The van der Waals surface area contributed by atoms with Gasteiger partial charge in [0.1, 0.15) is 5.75 Å². The summed E-state index contributed by atoms with van der Waals surface area (Å²) in [7, 11) is -2.50. The first-order valence-corrected chi connectivity index (χ1v) is 9.50. The molecule has 1 fully saturated rings. The second-order valence-corrected chi connectivity index (χ2v) is 8.48. The van der Waals surface area contributed by atoms with Crippen LogP contribution in [0.2, 0.25) is 0 Å². The van der Waals surface area contributed by atoms with Gasteiger partial charge in [0.2, 0.25) is 15.9 Å². The van der Waals surface area contributed by atoms with E-state index < -0.39 is 16.1 Å². The predicted molar refractivity (Wildman–Crippen MR) is 90.9 cm³/mol. The van der Waals surface area contributed by atoms with Crippen LogP contribution in [0.15, 0.2) is 17.0 Å². The fourth-order valence-corrected chi connectivity index (χ4v) is 3.92. The Morgan fingerprint density at radius 1 is 1.40 bits per heavy atom. The highest BCUT2D eigenvalue weighted by Gasteiger charge is 2.31. The highest BCUT2D eigenvalue weighted by Crippen LogP contribution is 2.35. The van der Waals surface area contributed by atoms with Crippen LogP contribution in [0.5, 0.6) is 5.75 Å². The molecular weight excluding hydrogens is 346 g/mol. The van der Waals surface area contributed by atoms with Gasteiger partial charge in [-0.1, -0.05) is 0 Å². The molecule has 0 saturated heterocycles. The molecule has 3 rings (SSSR count). The van der Waals surface area contributed by atoms with Gasteiger partial charge in [-0.3, -0.25) is 9.59 Å². The lowest BCUT2D eigenvalue weighted by Gasteiger charge is -2.25. The summed E-state index contributed by atoms with van der Waals surface area (Å²) in [5, 5.41) is 5.45. The number of sulfonamides is 1. The number of carbonyl (C=O) groups excluding carboxylic acids is 2. The summed E-state index contributed by atoms with van der Waals surface area (Å²) in [4.78, 5) is 23.6. The number of fused-ring (bicyclic) bond motifs is 1. The lowest BCUT2D eigenvalue weighted by Crippen LogP contribution is -2.39. The molecule has 8 nitrogen and oxygen atoms in total. The topological polar surface area (TPSA) is 105 Å². The first kappa shape index (κ1) is 17.7. The molecule has 0 aromatic heterocycles. The van der Waals surface area contributed by atoms with E-state index in [1.807, 2.05) is 0 Å². The first-order valence-electron chi connectivity index (χ1n) is 8.06. The van der Waals surface area contributed by atoms with Gasteiger partial charge >= 0.3 is 0 Å². The number of nitrogens with zero attached hydrogens (tertiary/aromatic N) is 1. The largest absolute Gasteiger partial charge is 0.479 e. The number of benzene rings is 1. The summed E-state index contributed by atoms with van der Waals surface area (Å²) in [6.07, 6.45) is 1.17. The summed E-state index contributed by atoms with van der Waals surface area (Å²) < 4.78 is 32.1. The Bertz CT molecular complexity index is 832. The van der Waals surface area contributed by atoms with E-state index in [2.05, 4.69) is 10.6 Å². The molecule has 1 aromatic carbocycles. The molecule has 2 amide bonds. The van der Waals surface area contributed by atoms with E-state index in [0.717, 1.165) is 17.1 Å². The van der Waals surface area contributed by atoms with E-state index in [0.29, 0.717) is 17.0 Å². The zero-order valence-corrected chi connectivity index (χ0v) is 15.1. The number of likely N-dealkylation sites (N-methyl/N-ethyl adjacent to an activating group) is 1. The molecule has 2 aliphatic rings. The molecule has 1 aliphatic carbocycles. The van der Waals surface area contributed by atoms with Gasteiger partial charge in [0.15, 0.2) is 6.10 Å². The maximum absolute atomic E-state index is 12.8. The number of ether oxygens (including phenoxy) is 1. The summed E-state index contributed by atoms with van der Waals surface area (Å²) in [6, 6.07) is 3.13. The average molecular weight is 367 g/mol. The molecule has 1 atom stereocenters. The van der Waals surface area contributed by atoms with Crippen LogP contribution in [-0.4, -0.2) is 50.3 Å². The van der Waals surface area contributed by atoms with E-state index in [9.17, 15) is 18.0 Å². The van der Waals surface area contributed by atoms with Crippen molar-refractivity contribution in [3.05, 3.63) is 17.7 Å². The minimum Gasteiger partial charge on any atom is -0.479 e. The number of rotatable bonds is 5. The fourth-order valence-electron chi connectivity index (χ4n) is 2.58. The number of carbonyl (C=O) groups is 2. The van der Waals surface area contributed by atoms with Crippen LogP contribution < -0.4 is 15.4 Å². The molecule has 1 heterocycles. The Labute approximate surface area is 146 Å². The summed E-state index contributed by atoms with van der Waals surface area (Å²) in [5.41, 5.74) is 0.903. The van der Waals surface area contributed by atoms with Gasteiger partial charge in [-0.25, -0.2) is 8.42 Å². The molecule has 136 valence electrons. The van der Waals surface area contributed by atoms with Crippen molar-refractivity contribution in [3.8, 4) is 5.75 Å². The number of amides is 2. The Morgan fingerprint density at radius 3 is 2.72 bits per heavy atom. The maximum Gasteiger partial charge on any atom is 0.265 e. The highest BCUT2D eigenvalue weighted by atomic mass is 32.2. The Kier molecular flexibility index (Phi) is 4.46. The second kappa shape index (κ2) is 6.30. The SMILES string of the molecule is Cc1cc2c(cc1S(=O)(=O)N(C)CC(=O)NC1CC1)O[C@@H](C)C(=O)N2. The minimum absolute atomic E-state index is 0.0521. The van der Waals surface area contributed by atoms with Gasteiger partial charge in [-0.05, 0) is 38.3 Å². The third-order valence-electron chi connectivity index (χ3n) is 4.20.